The molecule has 0 saturated carbocycles. The van der Waals surface area contributed by atoms with E-state index < -0.39 is 12.1 Å². The molecule has 0 saturated heterocycles. The molecular weight excluding hydrogens is 444 g/mol. The summed E-state index contributed by atoms with van der Waals surface area (Å²) in [6, 6.07) is 14.0. The van der Waals surface area contributed by atoms with Crippen LogP contribution >= 0.6 is 0 Å². The average molecular weight is 485 g/mol. The van der Waals surface area contributed by atoms with Gasteiger partial charge in [-0.05, 0) is 55.0 Å². The first-order valence-electron chi connectivity index (χ1n) is 12.7. The minimum Gasteiger partial charge on any atom is -0.494 e. The van der Waals surface area contributed by atoms with E-state index in [0.29, 0.717) is 17.1 Å². The normalized spacial score (nSPS) is 11.5. The summed E-state index contributed by atoms with van der Waals surface area (Å²) in [5.41, 5.74) is 0.424. The van der Waals surface area contributed by atoms with E-state index >= 15 is 0 Å². The summed E-state index contributed by atoms with van der Waals surface area (Å²) in [6.07, 6.45) is 10.9. The molecule has 1 unspecified atom stereocenters. The highest BCUT2D eigenvalue weighted by Gasteiger charge is 2.09. The predicted molar refractivity (Wildman–Crippen MR) is 138 cm³/mol. The number of aliphatic hydroxyl groups excluding tert-OH is 1. The number of hydrogen-bond donors (Lipinski definition) is 1. The summed E-state index contributed by atoms with van der Waals surface area (Å²) in [5.74, 6) is 1.60. The van der Waals surface area contributed by atoms with Crippen LogP contribution in [0.25, 0.3) is 0 Å². The summed E-state index contributed by atoms with van der Waals surface area (Å²) < 4.78 is 22.0. The molecule has 1 N–H and O–H groups in total. The fourth-order valence-corrected chi connectivity index (χ4v) is 3.40. The van der Waals surface area contributed by atoms with E-state index in [0.717, 1.165) is 18.8 Å². The van der Waals surface area contributed by atoms with Crippen molar-refractivity contribution < 1.29 is 28.8 Å². The highest BCUT2D eigenvalue weighted by molar-refractivity contribution is 5.89. The van der Waals surface area contributed by atoms with E-state index in [2.05, 4.69) is 13.5 Å². The van der Waals surface area contributed by atoms with Crippen molar-refractivity contribution in [1.82, 2.24) is 0 Å². The van der Waals surface area contributed by atoms with Crippen LogP contribution < -0.4 is 14.2 Å². The molecule has 0 aromatic heterocycles. The van der Waals surface area contributed by atoms with Crippen molar-refractivity contribution in [3.8, 4) is 17.2 Å². The second-order valence-electron chi connectivity index (χ2n) is 8.48. The monoisotopic (exact) mass is 484 g/mol. The van der Waals surface area contributed by atoms with Gasteiger partial charge in [-0.25, -0.2) is 4.79 Å². The molecule has 0 amide bonds. The Morgan fingerprint density at radius 3 is 1.83 bits per heavy atom. The van der Waals surface area contributed by atoms with Crippen molar-refractivity contribution in [1.29, 1.82) is 0 Å². The smallest absolute Gasteiger partial charge is 0.338 e. The number of hydrogen-bond acceptors (Lipinski definition) is 6. The number of benzene rings is 2. The van der Waals surface area contributed by atoms with Gasteiger partial charge in [0.05, 0.1) is 12.2 Å². The molecule has 2 aromatic carbocycles. The Hall–Kier alpha value is -2.99. The Bertz CT molecular complexity index is 831. The van der Waals surface area contributed by atoms with E-state index in [9.17, 15) is 9.90 Å². The molecule has 35 heavy (non-hydrogen) atoms. The third-order valence-corrected chi connectivity index (χ3v) is 5.40. The van der Waals surface area contributed by atoms with Crippen LogP contribution in [0.15, 0.2) is 61.2 Å². The summed E-state index contributed by atoms with van der Waals surface area (Å²) in [4.78, 5) is 11.8. The van der Waals surface area contributed by atoms with Crippen LogP contribution in [0.4, 0.5) is 0 Å². The predicted octanol–water partition coefficient (Wildman–Crippen LogP) is 6.37. The number of rotatable bonds is 19. The van der Waals surface area contributed by atoms with Crippen LogP contribution in [0, 0.1) is 0 Å². The van der Waals surface area contributed by atoms with E-state index in [1.807, 2.05) is 24.3 Å². The summed E-state index contributed by atoms with van der Waals surface area (Å²) >= 11 is 0. The second kappa shape index (κ2) is 17.4. The molecule has 1 atom stereocenters. The van der Waals surface area contributed by atoms with Crippen molar-refractivity contribution >= 4 is 5.97 Å². The zero-order valence-electron chi connectivity index (χ0n) is 21.0. The van der Waals surface area contributed by atoms with Gasteiger partial charge in [0.1, 0.15) is 43.2 Å². The first-order valence-corrected chi connectivity index (χ1v) is 12.7. The maximum atomic E-state index is 11.8. The molecule has 0 fully saturated rings. The summed E-state index contributed by atoms with van der Waals surface area (Å²) in [5, 5.41) is 10.2. The van der Waals surface area contributed by atoms with Gasteiger partial charge >= 0.3 is 5.97 Å². The van der Waals surface area contributed by atoms with Crippen molar-refractivity contribution in [2.75, 3.05) is 26.4 Å². The highest BCUT2D eigenvalue weighted by Crippen LogP contribution is 2.19. The average Bonchev–Trinajstić information content (AvgIpc) is 2.89. The zero-order valence-corrected chi connectivity index (χ0v) is 21.0. The Labute approximate surface area is 209 Å². The fourth-order valence-electron chi connectivity index (χ4n) is 3.40. The third kappa shape index (κ3) is 12.3. The van der Waals surface area contributed by atoms with Crippen molar-refractivity contribution in [2.45, 2.75) is 64.4 Å². The minimum atomic E-state index is -0.801. The molecule has 0 heterocycles. The molecule has 0 aliphatic heterocycles. The first-order chi connectivity index (χ1) is 17.1. The summed E-state index contributed by atoms with van der Waals surface area (Å²) in [6.45, 7) is 6.81. The van der Waals surface area contributed by atoms with E-state index in [1.54, 1.807) is 24.3 Å². The van der Waals surface area contributed by atoms with Crippen molar-refractivity contribution in [2.24, 2.45) is 0 Å². The van der Waals surface area contributed by atoms with Gasteiger partial charge in [0.2, 0.25) is 0 Å². The molecule has 0 spiro atoms. The van der Waals surface area contributed by atoms with E-state index in [4.69, 9.17) is 18.9 Å². The SMILES string of the molecule is C=CCOC(=O)c1ccc(OCC(O)COc2ccc(OCCCCCCCCCC)cc2)cc1. The highest BCUT2D eigenvalue weighted by atomic mass is 16.5. The standard InChI is InChI=1S/C29H40O6/c1-3-5-6-7-8-9-10-11-21-32-26-16-18-28(19-17-26)35-23-25(30)22-34-27-14-12-24(13-15-27)29(31)33-20-4-2/h4,12-19,25,30H,2-3,5-11,20-23H2,1H3. The quantitative estimate of drug-likeness (QED) is 0.142. The lowest BCUT2D eigenvalue weighted by Crippen LogP contribution is -2.25. The number of aliphatic hydroxyl groups is 1. The number of esters is 1. The second-order valence-corrected chi connectivity index (χ2v) is 8.48. The molecule has 6 nitrogen and oxygen atoms in total. The zero-order chi connectivity index (χ0) is 25.1. The third-order valence-electron chi connectivity index (χ3n) is 5.40. The van der Waals surface area contributed by atoms with Crippen molar-refractivity contribution in [3.63, 3.8) is 0 Å². The van der Waals surface area contributed by atoms with Gasteiger partial charge in [-0.3, -0.25) is 0 Å². The van der Waals surface area contributed by atoms with Gasteiger partial charge in [0, 0.05) is 0 Å². The number of carbonyl (C=O) groups is 1. The maximum absolute atomic E-state index is 11.8. The topological polar surface area (TPSA) is 74.2 Å². The molecule has 0 bridgehead atoms. The van der Waals surface area contributed by atoms with Gasteiger partial charge in [-0.15, -0.1) is 0 Å². The van der Waals surface area contributed by atoms with Gasteiger partial charge in [-0.2, -0.15) is 0 Å². The largest absolute Gasteiger partial charge is 0.494 e. The number of carbonyl (C=O) groups excluding carboxylic acids is 1. The first kappa shape index (κ1) is 28.2. The molecule has 2 aromatic rings. The molecule has 6 heteroatoms. The Balaban J connectivity index is 1.58. The molecule has 0 aliphatic carbocycles. The van der Waals surface area contributed by atoms with Gasteiger partial charge < -0.3 is 24.1 Å². The molecule has 0 aliphatic rings. The maximum Gasteiger partial charge on any atom is 0.338 e. The lowest BCUT2D eigenvalue weighted by atomic mass is 10.1. The molecule has 2 rings (SSSR count). The van der Waals surface area contributed by atoms with Crippen LogP contribution in [-0.2, 0) is 4.74 Å². The van der Waals surface area contributed by atoms with Crippen LogP contribution in [0.2, 0.25) is 0 Å². The molecular formula is C29H40O6. The van der Waals surface area contributed by atoms with Crippen LogP contribution in [0.1, 0.15) is 68.6 Å². The Kier molecular flexibility index (Phi) is 14.1. The fraction of sp³-hybridized carbons (Fsp3) is 0.483. The van der Waals surface area contributed by atoms with Gasteiger partial charge in [-0.1, -0.05) is 64.5 Å². The molecule has 192 valence electrons. The number of unbranched alkanes of at least 4 members (excludes halogenated alkanes) is 7. The van der Waals surface area contributed by atoms with E-state index in [1.165, 1.54) is 51.0 Å². The minimum absolute atomic E-state index is 0.0695. The van der Waals surface area contributed by atoms with Crippen molar-refractivity contribution in [3.05, 3.63) is 66.7 Å². The lowest BCUT2D eigenvalue weighted by molar-refractivity contribution is 0.0548. The van der Waals surface area contributed by atoms with Crippen LogP contribution in [-0.4, -0.2) is 43.6 Å². The van der Waals surface area contributed by atoms with Gasteiger partial charge in [0.25, 0.3) is 0 Å². The van der Waals surface area contributed by atoms with Crippen LogP contribution in [0.5, 0.6) is 17.2 Å². The van der Waals surface area contributed by atoms with Gasteiger partial charge in [0.15, 0.2) is 0 Å². The Morgan fingerprint density at radius 2 is 1.29 bits per heavy atom. The number of ether oxygens (including phenoxy) is 4. The Morgan fingerprint density at radius 1 is 0.800 bits per heavy atom. The molecule has 0 radical (unpaired) electrons. The van der Waals surface area contributed by atoms with Crippen LogP contribution in [0.3, 0.4) is 0 Å². The van der Waals surface area contributed by atoms with E-state index in [-0.39, 0.29) is 19.8 Å². The summed E-state index contributed by atoms with van der Waals surface area (Å²) in [7, 11) is 0. The lowest BCUT2D eigenvalue weighted by Gasteiger charge is -2.14.